The van der Waals surface area contributed by atoms with Crippen LogP contribution in [0.25, 0.3) is 0 Å². The molecule has 5 nitrogen and oxygen atoms in total. The van der Waals surface area contributed by atoms with Crippen LogP contribution in [0, 0.1) is 0 Å². The van der Waals surface area contributed by atoms with E-state index in [1.807, 2.05) is 0 Å². The molecule has 0 aliphatic heterocycles. The minimum absolute atomic E-state index is 0.0469. The number of halogens is 3. The highest BCUT2D eigenvalue weighted by Gasteiger charge is 2.35. The maximum atomic E-state index is 12.1. The molecule has 0 unspecified atom stereocenters. The normalized spacial score (nSPS) is 13.0. The number of aromatic nitrogens is 2. The van der Waals surface area contributed by atoms with E-state index in [2.05, 4.69) is 10.2 Å². The largest absolute Gasteiger partial charge is 0.445 e. The molecule has 1 rings (SSSR count). The Bertz CT molecular complexity index is 455. The van der Waals surface area contributed by atoms with Gasteiger partial charge in [-0.05, 0) is 0 Å². The van der Waals surface area contributed by atoms with Crippen molar-refractivity contribution in [2.24, 2.45) is 5.14 Å². The van der Waals surface area contributed by atoms with E-state index in [4.69, 9.17) is 5.14 Å². The molecular formula is C5H6F3N3O2S3. The van der Waals surface area contributed by atoms with E-state index < -0.39 is 21.2 Å². The van der Waals surface area contributed by atoms with E-state index in [0.717, 1.165) is 11.8 Å². The summed E-state index contributed by atoms with van der Waals surface area (Å²) in [5, 5.41) is 9.89. The molecular weight excluding hydrogens is 287 g/mol. The Labute approximate surface area is 97.3 Å². The first-order valence-electron chi connectivity index (χ1n) is 3.72. The highest BCUT2D eigenvalue weighted by Crippen LogP contribution is 2.34. The van der Waals surface area contributed by atoms with Gasteiger partial charge in [-0.1, -0.05) is 23.1 Å². The number of hydrogen-bond donors (Lipinski definition) is 1. The van der Waals surface area contributed by atoms with Gasteiger partial charge in [0.1, 0.15) is 0 Å². The summed E-state index contributed by atoms with van der Waals surface area (Å²) in [6.45, 7) is 0. The van der Waals surface area contributed by atoms with Gasteiger partial charge in [0, 0.05) is 5.75 Å². The van der Waals surface area contributed by atoms with Gasteiger partial charge in [0.25, 0.3) is 0 Å². The molecule has 0 aliphatic carbocycles. The average Bonchev–Trinajstić information content (AvgIpc) is 2.49. The first kappa shape index (κ1) is 13.7. The van der Waals surface area contributed by atoms with E-state index in [9.17, 15) is 21.6 Å². The van der Waals surface area contributed by atoms with Crippen LogP contribution in [0.1, 0.15) is 5.01 Å². The molecule has 1 heterocycles. The Morgan fingerprint density at radius 3 is 2.44 bits per heavy atom. The van der Waals surface area contributed by atoms with Crippen molar-refractivity contribution in [1.82, 2.24) is 10.2 Å². The van der Waals surface area contributed by atoms with Crippen molar-refractivity contribution < 1.29 is 21.6 Å². The summed E-state index contributed by atoms with van der Waals surface area (Å²) in [7, 11) is -3.60. The molecule has 0 saturated carbocycles. The predicted octanol–water partition coefficient (Wildman–Crippen LogP) is 0.938. The Balaban J connectivity index is 2.54. The zero-order chi connectivity index (χ0) is 12.4. The lowest BCUT2D eigenvalue weighted by Gasteiger charge is -1.97. The number of alkyl halides is 3. The Morgan fingerprint density at radius 1 is 1.38 bits per heavy atom. The van der Waals surface area contributed by atoms with E-state index in [0.29, 0.717) is 11.3 Å². The third-order valence-electron chi connectivity index (χ3n) is 1.24. The Kier molecular flexibility index (Phi) is 4.15. The van der Waals surface area contributed by atoms with Gasteiger partial charge in [-0.2, -0.15) is 13.2 Å². The number of rotatable bonds is 4. The fourth-order valence-corrected chi connectivity index (χ4v) is 3.33. The van der Waals surface area contributed by atoms with Crippen LogP contribution in [0.2, 0.25) is 0 Å². The molecule has 0 bridgehead atoms. The van der Waals surface area contributed by atoms with Crippen LogP contribution in [0.4, 0.5) is 13.2 Å². The highest BCUT2D eigenvalue weighted by atomic mass is 32.2. The van der Waals surface area contributed by atoms with Crippen molar-refractivity contribution in [2.45, 2.75) is 10.5 Å². The monoisotopic (exact) mass is 293 g/mol. The van der Waals surface area contributed by atoms with Gasteiger partial charge in [0.15, 0.2) is 4.34 Å². The molecule has 0 atom stereocenters. The lowest BCUT2D eigenvalue weighted by atomic mass is 10.7. The van der Waals surface area contributed by atoms with Gasteiger partial charge in [0.05, 0.1) is 5.75 Å². The quantitative estimate of drug-likeness (QED) is 0.835. The maximum Gasteiger partial charge on any atom is 0.445 e. The van der Waals surface area contributed by atoms with Crippen molar-refractivity contribution >= 4 is 33.1 Å². The lowest BCUT2D eigenvalue weighted by Crippen LogP contribution is -2.17. The predicted molar refractivity (Wildman–Crippen MR) is 53.6 cm³/mol. The second-order valence-corrected chi connectivity index (χ2v) is 6.64. The molecule has 0 saturated heterocycles. The zero-order valence-corrected chi connectivity index (χ0v) is 10.0. The maximum absolute atomic E-state index is 12.1. The molecule has 0 spiro atoms. The van der Waals surface area contributed by atoms with Crippen LogP contribution in [0.5, 0.6) is 0 Å². The summed E-state index contributed by atoms with van der Waals surface area (Å²) >= 11 is 1.24. The topological polar surface area (TPSA) is 85.9 Å². The third kappa shape index (κ3) is 4.63. The van der Waals surface area contributed by atoms with Crippen molar-refractivity contribution in [3.8, 4) is 0 Å². The standard InChI is InChI=1S/C5H6F3N3O2S3/c6-5(7,8)3-10-11-4(15-3)14-1-2-16(9,12)13/h1-2H2,(H2,9,12,13). The molecule has 0 fully saturated rings. The van der Waals surface area contributed by atoms with Gasteiger partial charge in [-0.15, -0.1) is 10.2 Å². The average molecular weight is 293 g/mol. The van der Waals surface area contributed by atoms with Gasteiger partial charge in [0.2, 0.25) is 15.0 Å². The van der Waals surface area contributed by atoms with Crippen LogP contribution in [-0.4, -0.2) is 30.1 Å². The van der Waals surface area contributed by atoms with Gasteiger partial charge in [-0.25, -0.2) is 13.6 Å². The Morgan fingerprint density at radius 2 is 2.00 bits per heavy atom. The van der Waals surface area contributed by atoms with Crippen LogP contribution in [-0.2, 0) is 16.2 Å². The minimum Gasteiger partial charge on any atom is -0.229 e. The molecule has 16 heavy (non-hydrogen) atoms. The van der Waals surface area contributed by atoms with E-state index in [1.165, 1.54) is 0 Å². The number of primary sulfonamides is 1. The summed E-state index contributed by atoms with van der Waals surface area (Å²) in [6, 6.07) is 0. The van der Waals surface area contributed by atoms with E-state index >= 15 is 0 Å². The molecule has 92 valence electrons. The van der Waals surface area contributed by atoms with Crippen molar-refractivity contribution in [3.63, 3.8) is 0 Å². The van der Waals surface area contributed by atoms with E-state index in [-0.39, 0.29) is 15.8 Å². The first-order valence-corrected chi connectivity index (χ1v) is 7.24. The third-order valence-corrected chi connectivity index (χ3v) is 4.38. The zero-order valence-electron chi connectivity index (χ0n) is 7.56. The van der Waals surface area contributed by atoms with Crippen molar-refractivity contribution in [3.05, 3.63) is 5.01 Å². The minimum atomic E-state index is -4.52. The van der Waals surface area contributed by atoms with Gasteiger partial charge < -0.3 is 0 Å². The molecule has 0 amide bonds. The second-order valence-electron chi connectivity index (χ2n) is 2.59. The van der Waals surface area contributed by atoms with Crippen LogP contribution in [0.15, 0.2) is 4.34 Å². The molecule has 0 radical (unpaired) electrons. The number of hydrogen-bond acceptors (Lipinski definition) is 6. The summed E-state index contributed by atoms with van der Waals surface area (Å²) in [4.78, 5) is 0. The van der Waals surface area contributed by atoms with Crippen LogP contribution >= 0.6 is 23.1 Å². The highest BCUT2D eigenvalue weighted by molar-refractivity contribution is 8.02. The summed E-state index contributed by atoms with van der Waals surface area (Å²) in [5.41, 5.74) is 0. The molecule has 1 aromatic heterocycles. The van der Waals surface area contributed by atoms with E-state index in [1.54, 1.807) is 0 Å². The molecule has 2 N–H and O–H groups in total. The SMILES string of the molecule is NS(=O)(=O)CCSc1nnc(C(F)(F)F)s1. The van der Waals surface area contributed by atoms with Gasteiger partial charge >= 0.3 is 6.18 Å². The molecule has 11 heteroatoms. The number of nitrogens with zero attached hydrogens (tertiary/aromatic N) is 2. The smallest absolute Gasteiger partial charge is 0.229 e. The summed E-state index contributed by atoms with van der Waals surface area (Å²) in [5.74, 6) is -0.274. The second kappa shape index (κ2) is 4.85. The fourth-order valence-electron chi connectivity index (χ4n) is 0.628. The van der Waals surface area contributed by atoms with Crippen LogP contribution in [0.3, 0.4) is 0 Å². The van der Waals surface area contributed by atoms with Crippen LogP contribution < -0.4 is 5.14 Å². The lowest BCUT2D eigenvalue weighted by molar-refractivity contribution is -0.138. The number of sulfonamides is 1. The molecule has 0 aliphatic rings. The number of thioether (sulfide) groups is 1. The molecule has 1 aromatic rings. The van der Waals surface area contributed by atoms with Crippen molar-refractivity contribution in [2.75, 3.05) is 11.5 Å². The number of nitrogens with two attached hydrogens (primary N) is 1. The summed E-state index contributed by atoms with van der Waals surface area (Å²) < 4.78 is 57.4. The Hall–Kier alpha value is -0.390. The molecule has 0 aromatic carbocycles. The van der Waals surface area contributed by atoms with Gasteiger partial charge in [-0.3, -0.25) is 0 Å². The summed E-state index contributed by atoms with van der Waals surface area (Å²) in [6.07, 6.45) is -4.52. The first-order chi connectivity index (χ1) is 7.18. The fraction of sp³-hybridized carbons (Fsp3) is 0.600. The van der Waals surface area contributed by atoms with Crippen molar-refractivity contribution in [1.29, 1.82) is 0 Å².